The number of rotatable bonds is 3. The topological polar surface area (TPSA) is 41.6 Å². The lowest BCUT2D eigenvalue weighted by Gasteiger charge is -2.37. The number of thioether (sulfide) groups is 1. The largest absolute Gasteiger partial charge is 0.378 e. The Morgan fingerprint density at radius 2 is 2.23 bits per heavy atom. The van der Waals surface area contributed by atoms with Crippen LogP contribution >= 0.6 is 11.8 Å². The molecule has 0 saturated carbocycles. The van der Waals surface area contributed by atoms with Gasteiger partial charge in [-0.25, -0.2) is 0 Å². The smallest absolute Gasteiger partial charge is 0.224 e. The van der Waals surface area contributed by atoms with E-state index in [0.29, 0.717) is 13.0 Å². The Hall–Kier alpha value is -1.04. The van der Waals surface area contributed by atoms with Gasteiger partial charge in [0.2, 0.25) is 5.91 Å². The number of ether oxygens (including phenoxy) is 1. The highest BCUT2D eigenvalue weighted by Crippen LogP contribution is 2.30. The lowest BCUT2D eigenvalue weighted by Crippen LogP contribution is -2.47. The fourth-order valence-electron chi connectivity index (χ4n) is 3.05. The number of carbonyl (C=O) groups excluding carboxylic acids is 1. The van der Waals surface area contributed by atoms with Gasteiger partial charge in [-0.2, -0.15) is 11.8 Å². The molecule has 3 rings (SSSR count). The van der Waals surface area contributed by atoms with Gasteiger partial charge in [0.05, 0.1) is 19.3 Å². The molecule has 1 N–H and O–H groups in total. The van der Waals surface area contributed by atoms with Crippen LogP contribution in [0.15, 0.2) is 24.3 Å². The Bertz CT molecular complexity index is 500. The zero-order chi connectivity index (χ0) is 15.4. The van der Waals surface area contributed by atoms with Gasteiger partial charge in [-0.3, -0.25) is 4.79 Å². The third-order valence-corrected chi connectivity index (χ3v) is 5.35. The van der Waals surface area contributed by atoms with Gasteiger partial charge in [0.1, 0.15) is 0 Å². The van der Waals surface area contributed by atoms with Crippen molar-refractivity contribution in [3.8, 4) is 0 Å². The summed E-state index contributed by atoms with van der Waals surface area (Å²) in [6, 6.07) is 8.95. The van der Waals surface area contributed by atoms with Gasteiger partial charge in [0, 0.05) is 37.1 Å². The van der Waals surface area contributed by atoms with Crippen LogP contribution in [0.5, 0.6) is 0 Å². The Morgan fingerprint density at radius 3 is 2.95 bits per heavy atom. The summed E-state index contributed by atoms with van der Waals surface area (Å²) in [7, 11) is 0. The average molecular weight is 320 g/mol. The second-order valence-corrected chi connectivity index (χ2v) is 7.17. The number of aryl methyl sites for hydroxylation is 1. The van der Waals surface area contributed by atoms with Gasteiger partial charge in [-0.05, 0) is 12.5 Å². The van der Waals surface area contributed by atoms with Crippen molar-refractivity contribution in [3.63, 3.8) is 0 Å². The number of benzene rings is 1. The van der Waals surface area contributed by atoms with Crippen LogP contribution in [0.3, 0.4) is 0 Å². The van der Waals surface area contributed by atoms with Crippen molar-refractivity contribution in [1.29, 1.82) is 0 Å². The first-order valence-electron chi connectivity index (χ1n) is 7.99. The van der Waals surface area contributed by atoms with E-state index in [-0.39, 0.29) is 18.0 Å². The molecule has 1 aromatic rings. The monoisotopic (exact) mass is 320 g/mol. The number of morpholine rings is 1. The first kappa shape index (κ1) is 15.8. The van der Waals surface area contributed by atoms with Crippen LogP contribution in [0.2, 0.25) is 0 Å². The van der Waals surface area contributed by atoms with Gasteiger partial charge in [0.15, 0.2) is 0 Å². The van der Waals surface area contributed by atoms with E-state index in [9.17, 15) is 4.79 Å². The normalized spacial score (nSPS) is 26.0. The highest BCUT2D eigenvalue weighted by Gasteiger charge is 2.30. The Kier molecular flexibility index (Phi) is 5.39. The van der Waals surface area contributed by atoms with Crippen molar-refractivity contribution in [2.75, 3.05) is 37.8 Å². The highest BCUT2D eigenvalue weighted by molar-refractivity contribution is 7.99. The van der Waals surface area contributed by atoms with E-state index in [4.69, 9.17) is 4.74 Å². The van der Waals surface area contributed by atoms with Crippen LogP contribution in [0, 0.1) is 6.92 Å². The molecule has 5 heteroatoms. The van der Waals surface area contributed by atoms with Gasteiger partial charge in [0.25, 0.3) is 0 Å². The molecule has 22 heavy (non-hydrogen) atoms. The summed E-state index contributed by atoms with van der Waals surface area (Å²) in [6.45, 7) is 5.17. The summed E-state index contributed by atoms with van der Waals surface area (Å²) in [5.74, 6) is 2.26. The first-order chi connectivity index (χ1) is 10.7. The second kappa shape index (κ2) is 7.49. The Morgan fingerprint density at radius 1 is 1.41 bits per heavy atom. The van der Waals surface area contributed by atoms with Gasteiger partial charge in [-0.1, -0.05) is 29.8 Å². The molecule has 2 unspecified atom stereocenters. The zero-order valence-corrected chi connectivity index (χ0v) is 13.9. The fourth-order valence-corrected chi connectivity index (χ4v) is 4.13. The van der Waals surface area contributed by atoms with E-state index in [1.54, 1.807) is 0 Å². The molecule has 0 aliphatic carbocycles. The van der Waals surface area contributed by atoms with E-state index in [2.05, 4.69) is 41.4 Å². The molecule has 1 amide bonds. The molecule has 2 heterocycles. The molecule has 0 radical (unpaired) electrons. The summed E-state index contributed by atoms with van der Waals surface area (Å²) in [6.07, 6.45) is 0.535. The van der Waals surface area contributed by atoms with E-state index in [1.807, 2.05) is 11.8 Å². The zero-order valence-electron chi connectivity index (χ0n) is 13.1. The summed E-state index contributed by atoms with van der Waals surface area (Å²) < 4.78 is 5.46. The molecule has 2 fully saturated rings. The van der Waals surface area contributed by atoms with Gasteiger partial charge < -0.3 is 15.0 Å². The summed E-state index contributed by atoms with van der Waals surface area (Å²) in [5, 5.41) is 3.37. The maximum atomic E-state index is 12.7. The number of nitrogens with one attached hydrogen (secondary N) is 1. The van der Waals surface area contributed by atoms with Crippen molar-refractivity contribution >= 4 is 17.7 Å². The van der Waals surface area contributed by atoms with Crippen LogP contribution in [0.4, 0.5) is 0 Å². The quantitative estimate of drug-likeness (QED) is 0.925. The average Bonchev–Trinajstić information content (AvgIpc) is 2.56. The van der Waals surface area contributed by atoms with Crippen LogP contribution in [0.1, 0.15) is 23.6 Å². The number of hydrogen-bond acceptors (Lipinski definition) is 4. The Labute approximate surface area is 136 Å². The maximum absolute atomic E-state index is 12.7. The second-order valence-electron chi connectivity index (χ2n) is 6.02. The van der Waals surface area contributed by atoms with Crippen molar-refractivity contribution in [2.24, 2.45) is 0 Å². The molecule has 0 spiro atoms. The summed E-state index contributed by atoms with van der Waals surface area (Å²) in [5.41, 5.74) is 2.51. The molecule has 2 aliphatic heterocycles. The minimum absolute atomic E-state index is 0.162. The molecule has 2 saturated heterocycles. The minimum Gasteiger partial charge on any atom is -0.378 e. The lowest BCUT2D eigenvalue weighted by atomic mass is 10.0. The van der Waals surface area contributed by atoms with Gasteiger partial charge in [-0.15, -0.1) is 0 Å². The van der Waals surface area contributed by atoms with E-state index >= 15 is 0 Å². The van der Waals surface area contributed by atoms with Crippen LogP contribution in [-0.2, 0) is 9.53 Å². The fraction of sp³-hybridized carbons (Fsp3) is 0.588. The lowest BCUT2D eigenvalue weighted by molar-refractivity contribution is -0.134. The van der Waals surface area contributed by atoms with Crippen LogP contribution < -0.4 is 5.32 Å². The SMILES string of the molecule is Cc1ccc(C2CSCCN2C(=O)CC2COCCN2)cc1. The molecular weight excluding hydrogens is 296 g/mol. The highest BCUT2D eigenvalue weighted by atomic mass is 32.2. The van der Waals surface area contributed by atoms with Crippen molar-refractivity contribution in [1.82, 2.24) is 10.2 Å². The molecule has 2 aliphatic rings. The van der Waals surface area contributed by atoms with E-state index in [1.165, 1.54) is 11.1 Å². The van der Waals surface area contributed by atoms with Crippen LogP contribution in [-0.4, -0.2) is 54.7 Å². The predicted molar refractivity (Wildman–Crippen MR) is 90.2 cm³/mol. The minimum atomic E-state index is 0.162. The van der Waals surface area contributed by atoms with Crippen molar-refractivity contribution < 1.29 is 9.53 Å². The number of nitrogens with zero attached hydrogens (tertiary/aromatic N) is 1. The van der Waals surface area contributed by atoms with E-state index in [0.717, 1.165) is 31.2 Å². The van der Waals surface area contributed by atoms with Crippen molar-refractivity contribution in [2.45, 2.75) is 25.4 Å². The van der Waals surface area contributed by atoms with Gasteiger partial charge >= 0.3 is 0 Å². The molecule has 2 atom stereocenters. The van der Waals surface area contributed by atoms with Crippen molar-refractivity contribution in [3.05, 3.63) is 35.4 Å². The Balaban J connectivity index is 1.68. The summed E-state index contributed by atoms with van der Waals surface area (Å²) in [4.78, 5) is 14.8. The number of amides is 1. The summed E-state index contributed by atoms with van der Waals surface area (Å²) >= 11 is 1.94. The number of carbonyl (C=O) groups is 1. The standard InChI is InChI=1S/C17H24N2O2S/c1-13-2-4-14(5-3-13)16-12-22-9-7-19(16)17(20)10-15-11-21-8-6-18-15/h2-5,15-16,18H,6-12H2,1H3. The molecule has 0 aromatic heterocycles. The molecular formula is C17H24N2O2S. The molecule has 120 valence electrons. The first-order valence-corrected chi connectivity index (χ1v) is 9.14. The number of hydrogen-bond donors (Lipinski definition) is 1. The molecule has 1 aromatic carbocycles. The van der Waals surface area contributed by atoms with E-state index < -0.39 is 0 Å². The van der Waals surface area contributed by atoms with Crippen LogP contribution in [0.25, 0.3) is 0 Å². The third-order valence-electron chi connectivity index (χ3n) is 4.33. The molecule has 4 nitrogen and oxygen atoms in total. The predicted octanol–water partition coefficient (Wildman–Crippen LogP) is 1.99. The molecule has 0 bridgehead atoms. The maximum Gasteiger partial charge on any atom is 0.224 e. The third kappa shape index (κ3) is 3.83.